The molecule has 6 nitrogen and oxygen atoms in total. The second kappa shape index (κ2) is 7.56. The molecule has 28 heavy (non-hydrogen) atoms. The average Bonchev–Trinajstić information content (AvgIpc) is 3.31. The summed E-state index contributed by atoms with van der Waals surface area (Å²) in [4.78, 5) is 28.5. The van der Waals surface area contributed by atoms with Crippen LogP contribution in [0.25, 0.3) is 6.08 Å². The first-order valence-electron chi connectivity index (χ1n) is 9.12. The molecular formula is C21H20ClN3O3. The first-order chi connectivity index (χ1) is 13.6. The Balaban J connectivity index is 1.63. The summed E-state index contributed by atoms with van der Waals surface area (Å²) in [7, 11) is 1.60. The van der Waals surface area contributed by atoms with Crippen molar-refractivity contribution in [3.05, 3.63) is 58.7 Å². The number of carbonyl (C=O) groups excluding carboxylic acids is 2. The van der Waals surface area contributed by atoms with Gasteiger partial charge < -0.3 is 15.0 Å². The molecule has 2 fully saturated rings. The van der Waals surface area contributed by atoms with E-state index in [9.17, 15) is 9.59 Å². The molecule has 2 aliphatic rings. The molecule has 2 aromatic carbocycles. The third kappa shape index (κ3) is 3.43. The third-order valence-corrected chi connectivity index (χ3v) is 5.17. The average molecular weight is 398 g/mol. The smallest absolute Gasteiger partial charge is 0.333 e. The van der Waals surface area contributed by atoms with E-state index in [-0.39, 0.29) is 5.70 Å². The van der Waals surface area contributed by atoms with Gasteiger partial charge in [-0.3, -0.25) is 4.79 Å². The van der Waals surface area contributed by atoms with Gasteiger partial charge in [-0.05, 0) is 49.2 Å². The van der Waals surface area contributed by atoms with Gasteiger partial charge >= 0.3 is 6.03 Å². The van der Waals surface area contributed by atoms with E-state index < -0.39 is 11.9 Å². The highest BCUT2D eigenvalue weighted by Crippen LogP contribution is 2.31. The summed E-state index contributed by atoms with van der Waals surface area (Å²) in [6.45, 7) is 2.07. The molecule has 0 atom stereocenters. The fourth-order valence-corrected chi connectivity index (χ4v) is 3.72. The summed E-state index contributed by atoms with van der Waals surface area (Å²) >= 11 is 5.99. The van der Waals surface area contributed by atoms with E-state index in [2.05, 4.69) is 10.2 Å². The number of carbonyl (C=O) groups is 2. The van der Waals surface area contributed by atoms with Gasteiger partial charge in [-0.15, -0.1) is 0 Å². The molecule has 0 aliphatic carbocycles. The number of urea groups is 1. The Labute approximate surface area is 168 Å². The molecule has 2 saturated heterocycles. The van der Waals surface area contributed by atoms with E-state index in [4.69, 9.17) is 16.3 Å². The summed E-state index contributed by atoms with van der Waals surface area (Å²) in [6, 6.07) is 12.0. The van der Waals surface area contributed by atoms with Crippen molar-refractivity contribution in [1.82, 2.24) is 5.32 Å². The van der Waals surface area contributed by atoms with Crippen LogP contribution in [-0.2, 0) is 4.79 Å². The lowest BCUT2D eigenvalue weighted by atomic mass is 10.1. The van der Waals surface area contributed by atoms with E-state index in [1.54, 1.807) is 37.5 Å². The van der Waals surface area contributed by atoms with Crippen LogP contribution in [0.1, 0.15) is 18.4 Å². The highest BCUT2D eigenvalue weighted by molar-refractivity contribution is 6.32. The Morgan fingerprint density at radius 1 is 1.07 bits per heavy atom. The van der Waals surface area contributed by atoms with Crippen LogP contribution in [0.5, 0.6) is 5.75 Å². The Morgan fingerprint density at radius 3 is 2.57 bits per heavy atom. The number of hydrogen-bond acceptors (Lipinski definition) is 4. The van der Waals surface area contributed by atoms with Crippen LogP contribution in [-0.4, -0.2) is 32.1 Å². The Morgan fingerprint density at radius 2 is 1.86 bits per heavy atom. The second-order valence-corrected chi connectivity index (χ2v) is 7.17. The largest absolute Gasteiger partial charge is 0.496 e. The number of halogens is 1. The van der Waals surface area contributed by atoms with Crippen LogP contribution in [0.2, 0.25) is 5.02 Å². The Bertz CT molecular complexity index is 967. The molecule has 2 heterocycles. The number of rotatable bonds is 4. The predicted octanol–water partition coefficient (Wildman–Crippen LogP) is 4.05. The van der Waals surface area contributed by atoms with E-state index in [0.29, 0.717) is 16.5 Å². The zero-order valence-corrected chi connectivity index (χ0v) is 16.2. The van der Waals surface area contributed by atoms with Crippen molar-refractivity contribution in [3.63, 3.8) is 0 Å². The number of nitrogens with zero attached hydrogens (tertiary/aromatic N) is 2. The fourth-order valence-electron chi connectivity index (χ4n) is 3.53. The standard InChI is InChI=1S/C21H20ClN3O3/c1-28-19-13-16(24-9-2-3-10-24)8-7-14(19)11-18-20(26)25(21(27)23-18)17-6-4-5-15(22)12-17/h4-8,11-13H,2-3,9-10H2,1H3,(H,23,27). The van der Waals surface area contributed by atoms with Crippen molar-refractivity contribution in [2.24, 2.45) is 0 Å². The van der Waals surface area contributed by atoms with Gasteiger partial charge in [0.2, 0.25) is 0 Å². The molecule has 0 saturated carbocycles. The van der Waals surface area contributed by atoms with Gasteiger partial charge in [-0.25, -0.2) is 9.69 Å². The number of ether oxygens (including phenoxy) is 1. The van der Waals surface area contributed by atoms with Crippen molar-refractivity contribution in [2.75, 3.05) is 30.0 Å². The topological polar surface area (TPSA) is 61.9 Å². The van der Waals surface area contributed by atoms with E-state index in [1.165, 1.54) is 12.8 Å². The fraction of sp³-hybridized carbons (Fsp3) is 0.238. The van der Waals surface area contributed by atoms with Crippen LogP contribution in [0.4, 0.5) is 16.2 Å². The van der Waals surface area contributed by atoms with Crippen molar-refractivity contribution < 1.29 is 14.3 Å². The molecule has 144 valence electrons. The van der Waals surface area contributed by atoms with Crippen LogP contribution in [0.3, 0.4) is 0 Å². The van der Waals surface area contributed by atoms with Crippen molar-refractivity contribution in [3.8, 4) is 5.75 Å². The molecule has 0 aromatic heterocycles. The lowest BCUT2D eigenvalue weighted by Crippen LogP contribution is -2.30. The van der Waals surface area contributed by atoms with E-state index in [0.717, 1.165) is 29.2 Å². The van der Waals surface area contributed by atoms with Crippen molar-refractivity contribution in [1.29, 1.82) is 0 Å². The minimum atomic E-state index is -0.508. The van der Waals surface area contributed by atoms with Gasteiger partial charge in [0.15, 0.2) is 0 Å². The molecule has 3 amide bonds. The summed E-state index contributed by atoms with van der Waals surface area (Å²) in [5.41, 5.74) is 2.44. The molecule has 2 aliphatic heterocycles. The van der Waals surface area contributed by atoms with Crippen molar-refractivity contribution in [2.45, 2.75) is 12.8 Å². The number of anilines is 2. The van der Waals surface area contributed by atoms with Crippen molar-refractivity contribution >= 4 is 41.0 Å². The first kappa shape index (κ1) is 18.4. The molecule has 2 aromatic rings. The molecule has 1 N–H and O–H groups in total. The number of nitrogens with one attached hydrogen (secondary N) is 1. The third-order valence-electron chi connectivity index (χ3n) is 4.93. The second-order valence-electron chi connectivity index (χ2n) is 6.73. The molecule has 4 rings (SSSR count). The molecule has 0 bridgehead atoms. The summed E-state index contributed by atoms with van der Waals surface area (Å²) in [5, 5.41) is 3.08. The number of methoxy groups -OCH3 is 1. The van der Waals surface area contributed by atoms with Gasteiger partial charge in [0.05, 0.1) is 12.8 Å². The monoisotopic (exact) mass is 397 g/mol. The van der Waals surface area contributed by atoms with Crippen LogP contribution in [0, 0.1) is 0 Å². The van der Waals surface area contributed by atoms with Gasteiger partial charge in [0.1, 0.15) is 11.4 Å². The quantitative estimate of drug-likeness (QED) is 0.624. The number of amides is 3. The van der Waals surface area contributed by atoms with E-state index in [1.807, 2.05) is 18.2 Å². The van der Waals surface area contributed by atoms with Gasteiger partial charge in [0.25, 0.3) is 5.91 Å². The zero-order chi connectivity index (χ0) is 19.7. The maximum Gasteiger partial charge on any atom is 0.333 e. The SMILES string of the molecule is COc1cc(N2CCCC2)ccc1C=C1NC(=O)N(c2cccc(Cl)c2)C1=O. The molecular weight excluding hydrogens is 378 g/mol. The highest BCUT2D eigenvalue weighted by Gasteiger charge is 2.35. The summed E-state index contributed by atoms with van der Waals surface area (Å²) < 4.78 is 5.52. The Kier molecular flexibility index (Phi) is 4.96. The zero-order valence-electron chi connectivity index (χ0n) is 15.4. The lowest BCUT2D eigenvalue weighted by molar-refractivity contribution is -0.113. The minimum Gasteiger partial charge on any atom is -0.496 e. The number of benzene rings is 2. The van der Waals surface area contributed by atoms with Crippen LogP contribution in [0.15, 0.2) is 48.2 Å². The van der Waals surface area contributed by atoms with Gasteiger partial charge in [-0.2, -0.15) is 0 Å². The van der Waals surface area contributed by atoms with Crippen LogP contribution < -0.4 is 19.9 Å². The van der Waals surface area contributed by atoms with Gasteiger partial charge in [-0.1, -0.05) is 17.7 Å². The van der Waals surface area contributed by atoms with Crippen LogP contribution >= 0.6 is 11.6 Å². The normalized spacial score (nSPS) is 18.1. The molecule has 0 radical (unpaired) electrons. The maximum atomic E-state index is 12.8. The highest BCUT2D eigenvalue weighted by atomic mass is 35.5. The molecule has 0 unspecified atom stereocenters. The molecule has 0 spiro atoms. The Hall–Kier alpha value is -2.99. The molecule has 7 heteroatoms. The van der Waals surface area contributed by atoms with E-state index >= 15 is 0 Å². The lowest BCUT2D eigenvalue weighted by Gasteiger charge is -2.19. The minimum absolute atomic E-state index is 0.192. The summed E-state index contributed by atoms with van der Waals surface area (Å²) in [6.07, 6.45) is 4.01. The number of imide groups is 1. The number of hydrogen-bond donors (Lipinski definition) is 1. The predicted molar refractivity (Wildman–Crippen MR) is 110 cm³/mol. The maximum absolute atomic E-state index is 12.8. The first-order valence-corrected chi connectivity index (χ1v) is 9.50. The van der Waals surface area contributed by atoms with Gasteiger partial charge in [0, 0.05) is 35.4 Å². The summed E-state index contributed by atoms with van der Waals surface area (Å²) in [5.74, 6) is 0.220.